The zero-order valence-corrected chi connectivity index (χ0v) is 11.0. The van der Waals surface area contributed by atoms with Crippen molar-refractivity contribution >= 4 is 5.97 Å². The van der Waals surface area contributed by atoms with Crippen LogP contribution in [0.25, 0.3) is 0 Å². The van der Waals surface area contributed by atoms with Crippen LogP contribution in [0.2, 0.25) is 0 Å². The second-order valence-electron chi connectivity index (χ2n) is 4.81. The fourth-order valence-corrected chi connectivity index (χ4v) is 2.29. The van der Waals surface area contributed by atoms with Gasteiger partial charge in [-0.15, -0.1) is 0 Å². The van der Waals surface area contributed by atoms with Crippen molar-refractivity contribution in [3.63, 3.8) is 0 Å². The third-order valence-electron chi connectivity index (χ3n) is 3.60. The predicted octanol–water partition coefficient (Wildman–Crippen LogP) is 1.47. The highest BCUT2D eigenvalue weighted by Gasteiger charge is 2.43. The van der Waals surface area contributed by atoms with E-state index >= 15 is 0 Å². The number of rotatable bonds is 6. The summed E-state index contributed by atoms with van der Waals surface area (Å²) in [6, 6.07) is 0. The fourth-order valence-electron chi connectivity index (χ4n) is 2.29. The molecular formula is C13H25NO3. The molecule has 2 atom stereocenters. The minimum atomic E-state index is -1.30. The Kier molecular flexibility index (Phi) is 5.92. The maximum absolute atomic E-state index is 12.0. The van der Waals surface area contributed by atoms with Crippen molar-refractivity contribution in [3.05, 3.63) is 0 Å². The number of piperidine rings is 1. The van der Waals surface area contributed by atoms with Crippen LogP contribution in [0.4, 0.5) is 0 Å². The van der Waals surface area contributed by atoms with Crippen LogP contribution in [0.1, 0.15) is 46.0 Å². The van der Waals surface area contributed by atoms with Gasteiger partial charge in [0.05, 0.1) is 6.61 Å². The number of ether oxygens (including phenoxy) is 1. The Balaban J connectivity index is 2.55. The fraction of sp³-hybridized carbons (Fsp3) is 0.923. The van der Waals surface area contributed by atoms with E-state index in [2.05, 4.69) is 5.32 Å². The van der Waals surface area contributed by atoms with E-state index < -0.39 is 11.6 Å². The maximum Gasteiger partial charge on any atom is 0.338 e. The number of hydrogen-bond donors (Lipinski definition) is 2. The van der Waals surface area contributed by atoms with E-state index in [9.17, 15) is 9.90 Å². The summed E-state index contributed by atoms with van der Waals surface area (Å²) in [4.78, 5) is 12.0. The summed E-state index contributed by atoms with van der Waals surface area (Å²) in [6.45, 7) is 5.98. The number of carbonyl (C=O) groups is 1. The lowest BCUT2D eigenvalue weighted by atomic mass is 9.80. The molecule has 4 heteroatoms. The van der Waals surface area contributed by atoms with Gasteiger partial charge >= 0.3 is 5.97 Å². The van der Waals surface area contributed by atoms with Gasteiger partial charge in [-0.2, -0.15) is 0 Å². The first-order valence-electron chi connectivity index (χ1n) is 6.75. The molecule has 1 aliphatic rings. The molecule has 1 rings (SSSR count). The van der Waals surface area contributed by atoms with Gasteiger partial charge in [-0.25, -0.2) is 4.79 Å². The van der Waals surface area contributed by atoms with E-state index in [1.807, 2.05) is 13.8 Å². The molecule has 0 amide bonds. The first-order chi connectivity index (χ1) is 8.15. The Morgan fingerprint density at radius 1 is 1.53 bits per heavy atom. The highest BCUT2D eigenvalue weighted by atomic mass is 16.5. The van der Waals surface area contributed by atoms with Gasteiger partial charge < -0.3 is 15.2 Å². The van der Waals surface area contributed by atoms with Gasteiger partial charge in [-0.3, -0.25) is 0 Å². The van der Waals surface area contributed by atoms with Gasteiger partial charge in [0, 0.05) is 12.5 Å². The third-order valence-corrected chi connectivity index (χ3v) is 3.60. The standard InChI is InChI=1S/C13H25NO3/c1-3-5-9-17-12(15)13(16,4-2)11-7-6-8-14-10-11/h11,14,16H,3-10H2,1-2H3. The van der Waals surface area contributed by atoms with Crippen LogP contribution >= 0.6 is 0 Å². The summed E-state index contributed by atoms with van der Waals surface area (Å²) in [5.74, 6) is -0.461. The number of aliphatic hydroxyl groups is 1. The summed E-state index contributed by atoms with van der Waals surface area (Å²) < 4.78 is 5.17. The zero-order valence-electron chi connectivity index (χ0n) is 11.0. The molecule has 17 heavy (non-hydrogen) atoms. The van der Waals surface area contributed by atoms with Crippen molar-refractivity contribution in [1.82, 2.24) is 5.32 Å². The summed E-state index contributed by atoms with van der Waals surface area (Å²) in [6.07, 6.45) is 4.16. The number of hydrogen-bond acceptors (Lipinski definition) is 4. The van der Waals surface area contributed by atoms with Crippen molar-refractivity contribution in [2.45, 2.75) is 51.6 Å². The Morgan fingerprint density at radius 2 is 2.29 bits per heavy atom. The van der Waals surface area contributed by atoms with Gasteiger partial charge in [-0.1, -0.05) is 20.3 Å². The average Bonchev–Trinajstić information content (AvgIpc) is 2.39. The highest BCUT2D eigenvalue weighted by molar-refractivity contribution is 5.79. The molecule has 2 N–H and O–H groups in total. The van der Waals surface area contributed by atoms with E-state index in [1.165, 1.54) is 0 Å². The molecule has 100 valence electrons. The molecule has 0 aromatic rings. The molecule has 1 aliphatic heterocycles. The Morgan fingerprint density at radius 3 is 2.82 bits per heavy atom. The molecule has 0 aromatic heterocycles. The quantitative estimate of drug-likeness (QED) is 0.548. The predicted molar refractivity (Wildman–Crippen MR) is 66.7 cm³/mol. The molecule has 1 fully saturated rings. The monoisotopic (exact) mass is 243 g/mol. The second kappa shape index (κ2) is 6.97. The highest BCUT2D eigenvalue weighted by Crippen LogP contribution is 2.28. The van der Waals surface area contributed by atoms with Crippen molar-refractivity contribution in [1.29, 1.82) is 0 Å². The van der Waals surface area contributed by atoms with Crippen LogP contribution in [0.3, 0.4) is 0 Å². The van der Waals surface area contributed by atoms with Gasteiger partial charge in [0.15, 0.2) is 5.60 Å². The van der Waals surface area contributed by atoms with Gasteiger partial charge in [0.1, 0.15) is 0 Å². The summed E-state index contributed by atoms with van der Waals surface area (Å²) >= 11 is 0. The number of unbranched alkanes of at least 4 members (excludes halogenated alkanes) is 1. The molecule has 0 bridgehead atoms. The van der Waals surface area contributed by atoms with Crippen molar-refractivity contribution in [2.24, 2.45) is 5.92 Å². The van der Waals surface area contributed by atoms with Crippen molar-refractivity contribution in [2.75, 3.05) is 19.7 Å². The molecule has 1 saturated heterocycles. The maximum atomic E-state index is 12.0. The molecule has 1 heterocycles. The number of carbonyl (C=O) groups excluding carboxylic acids is 1. The largest absolute Gasteiger partial charge is 0.464 e. The van der Waals surface area contributed by atoms with Crippen molar-refractivity contribution < 1.29 is 14.6 Å². The molecular weight excluding hydrogens is 218 g/mol. The van der Waals surface area contributed by atoms with E-state index in [1.54, 1.807) is 0 Å². The normalized spacial score (nSPS) is 24.1. The second-order valence-corrected chi connectivity index (χ2v) is 4.81. The number of esters is 1. The average molecular weight is 243 g/mol. The number of nitrogens with one attached hydrogen (secondary N) is 1. The smallest absolute Gasteiger partial charge is 0.338 e. The van der Waals surface area contributed by atoms with Gasteiger partial charge in [-0.05, 0) is 32.2 Å². The topological polar surface area (TPSA) is 58.6 Å². The van der Waals surface area contributed by atoms with Crippen LogP contribution in [0.15, 0.2) is 0 Å². The van der Waals surface area contributed by atoms with E-state index in [-0.39, 0.29) is 5.92 Å². The SMILES string of the molecule is CCCCOC(=O)C(O)(CC)C1CCCNC1. The minimum Gasteiger partial charge on any atom is -0.464 e. The molecule has 2 unspecified atom stereocenters. The molecule has 0 radical (unpaired) electrons. The van der Waals surface area contributed by atoms with E-state index in [0.29, 0.717) is 19.6 Å². The third kappa shape index (κ3) is 3.68. The van der Waals surface area contributed by atoms with Crippen LogP contribution < -0.4 is 5.32 Å². The van der Waals surface area contributed by atoms with Crippen molar-refractivity contribution in [3.8, 4) is 0 Å². The molecule has 0 saturated carbocycles. The molecule has 4 nitrogen and oxygen atoms in total. The van der Waals surface area contributed by atoms with Crippen LogP contribution in [-0.2, 0) is 9.53 Å². The van der Waals surface area contributed by atoms with E-state index in [0.717, 1.165) is 32.2 Å². The first kappa shape index (κ1) is 14.5. The van der Waals surface area contributed by atoms with Crippen LogP contribution in [0, 0.1) is 5.92 Å². The minimum absolute atomic E-state index is 0.0182. The summed E-state index contributed by atoms with van der Waals surface area (Å²) in [5, 5.41) is 13.7. The molecule has 0 spiro atoms. The van der Waals surface area contributed by atoms with Crippen LogP contribution in [-0.4, -0.2) is 36.4 Å². The summed E-state index contributed by atoms with van der Waals surface area (Å²) in [5.41, 5.74) is -1.30. The molecule has 0 aliphatic carbocycles. The Hall–Kier alpha value is -0.610. The van der Waals surface area contributed by atoms with Crippen LogP contribution in [0.5, 0.6) is 0 Å². The molecule has 0 aromatic carbocycles. The first-order valence-corrected chi connectivity index (χ1v) is 6.75. The lowest BCUT2D eigenvalue weighted by molar-refractivity contribution is -0.173. The summed E-state index contributed by atoms with van der Waals surface area (Å²) in [7, 11) is 0. The lowest BCUT2D eigenvalue weighted by Gasteiger charge is -2.35. The van der Waals surface area contributed by atoms with Gasteiger partial charge in [0.2, 0.25) is 0 Å². The Bertz CT molecular complexity index is 239. The van der Waals surface area contributed by atoms with E-state index in [4.69, 9.17) is 4.74 Å². The van der Waals surface area contributed by atoms with Gasteiger partial charge in [0.25, 0.3) is 0 Å². The Labute approximate surface area is 104 Å². The zero-order chi connectivity index (χ0) is 12.7. The lowest BCUT2D eigenvalue weighted by Crippen LogP contribution is -2.52.